The summed E-state index contributed by atoms with van der Waals surface area (Å²) in [6.45, 7) is 13.4. The van der Waals surface area contributed by atoms with Gasteiger partial charge in [0.2, 0.25) is 0 Å². The average Bonchev–Trinajstić information content (AvgIpc) is 2.35. The van der Waals surface area contributed by atoms with E-state index in [1.807, 2.05) is 20.8 Å². The van der Waals surface area contributed by atoms with Gasteiger partial charge in [-0.3, -0.25) is 4.57 Å². The molecule has 0 aromatic rings. The molecule has 1 heterocycles. The van der Waals surface area contributed by atoms with E-state index in [-0.39, 0.29) is 4.32 Å². The fraction of sp³-hybridized carbons (Fsp3) is 1.00. The number of halogens is 1. The van der Waals surface area contributed by atoms with Crippen molar-refractivity contribution >= 4 is 23.4 Å². The van der Waals surface area contributed by atoms with Gasteiger partial charge in [-0.1, -0.05) is 29.8 Å². The Morgan fingerprint density at radius 3 is 2.17 bits per heavy atom. The molecule has 0 N–H and O–H groups in total. The van der Waals surface area contributed by atoms with Crippen molar-refractivity contribution in [2.75, 3.05) is 45.5 Å². The standard InChI is InChI=1S/C12H26BrN2O2P/c1-5-14-7-9-15(10-8-14)18(16,6-2)17-11-12(3,4)13/h5-11H2,1-4H3. The first-order valence-corrected chi connectivity index (χ1v) is 9.26. The number of hydrogen-bond acceptors (Lipinski definition) is 3. The van der Waals surface area contributed by atoms with Crippen LogP contribution in [0.3, 0.4) is 0 Å². The van der Waals surface area contributed by atoms with Crippen LogP contribution in [0.25, 0.3) is 0 Å². The minimum Gasteiger partial charge on any atom is -0.316 e. The summed E-state index contributed by atoms with van der Waals surface area (Å²) in [5.74, 6) is 0. The van der Waals surface area contributed by atoms with E-state index >= 15 is 0 Å². The summed E-state index contributed by atoms with van der Waals surface area (Å²) in [5.41, 5.74) is 0. The predicted octanol–water partition coefficient (Wildman–Crippen LogP) is 3.03. The lowest BCUT2D eigenvalue weighted by Gasteiger charge is -2.38. The second-order valence-corrected chi connectivity index (χ2v) is 10.2. The number of hydrogen-bond donors (Lipinski definition) is 0. The highest BCUT2D eigenvalue weighted by Gasteiger charge is 2.33. The average molecular weight is 341 g/mol. The highest BCUT2D eigenvalue weighted by molar-refractivity contribution is 9.10. The Labute approximate surface area is 120 Å². The van der Waals surface area contributed by atoms with Gasteiger partial charge in [-0.15, -0.1) is 0 Å². The van der Waals surface area contributed by atoms with Crippen LogP contribution in [0.2, 0.25) is 0 Å². The van der Waals surface area contributed by atoms with Crippen molar-refractivity contribution in [2.45, 2.75) is 32.0 Å². The normalized spacial score (nSPS) is 22.9. The van der Waals surface area contributed by atoms with E-state index in [2.05, 4.69) is 32.4 Å². The van der Waals surface area contributed by atoms with Crippen molar-refractivity contribution < 1.29 is 9.09 Å². The molecule has 1 aliphatic heterocycles. The molecule has 0 aliphatic carbocycles. The molecule has 0 radical (unpaired) electrons. The van der Waals surface area contributed by atoms with Crippen LogP contribution in [0.4, 0.5) is 0 Å². The Morgan fingerprint density at radius 2 is 1.78 bits per heavy atom. The van der Waals surface area contributed by atoms with E-state index in [4.69, 9.17) is 4.52 Å². The van der Waals surface area contributed by atoms with Crippen molar-refractivity contribution in [2.24, 2.45) is 0 Å². The molecule has 1 atom stereocenters. The quantitative estimate of drug-likeness (QED) is 0.549. The van der Waals surface area contributed by atoms with Crippen LogP contribution in [-0.4, -0.2) is 59.4 Å². The number of alkyl halides is 1. The number of piperazine rings is 1. The van der Waals surface area contributed by atoms with Crippen LogP contribution in [0.15, 0.2) is 0 Å². The smallest absolute Gasteiger partial charge is 0.272 e. The Balaban J connectivity index is 2.57. The molecule has 1 rings (SSSR count). The summed E-state index contributed by atoms with van der Waals surface area (Å²) in [6.07, 6.45) is 0.586. The molecule has 1 aliphatic rings. The number of likely N-dealkylation sites (N-methyl/N-ethyl adjacent to an activating group) is 1. The summed E-state index contributed by atoms with van der Waals surface area (Å²) in [7, 11) is -2.63. The summed E-state index contributed by atoms with van der Waals surface area (Å²) in [5, 5.41) is 0. The third-order valence-electron chi connectivity index (χ3n) is 3.24. The van der Waals surface area contributed by atoms with Crippen LogP contribution in [0.1, 0.15) is 27.7 Å². The Bertz CT molecular complexity index is 299. The molecular weight excluding hydrogens is 315 g/mol. The van der Waals surface area contributed by atoms with Gasteiger partial charge in [-0.25, -0.2) is 4.67 Å². The van der Waals surface area contributed by atoms with E-state index in [1.165, 1.54) is 0 Å². The van der Waals surface area contributed by atoms with Crippen LogP contribution >= 0.6 is 23.4 Å². The lowest BCUT2D eigenvalue weighted by molar-refractivity contribution is 0.168. The first-order chi connectivity index (χ1) is 8.30. The fourth-order valence-electron chi connectivity index (χ4n) is 1.99. The Morgan fingerprint density at radius 1 is 1.22 bits per heavy atom. The maximum atomic E-state index is 12.8. The van der Waals surface area contributed by atoms with Crippen molar-refractivity contribution in [3.8, 4) is 0 Å². The molecule has 6 heteroatoms. The van der Waals surface area contributed by atoms with Gasteiger partial charge >= 0.3 is 0 Å². The van der Waals surface area contributed by atoms with Crippen LogP contribution in [-0.2, 0) is 9.09 Å². The van der Waals surface area contributed by atoms with Gasteiger partial charge in [0, 0.05) is 36.7 Å². The van der Waals surface area contributed by atoms with Crippen LogP contribution in [0, 0.1) is 0 Å². The molecule has 1 unspecified atom stereocenters. The van der Waals surface area contributed by atoms with Gasteiger partial charge in [-0.2, -0.15) is 0 Å². The fourth-order valence-corrected chi connectivity index (χ4v) is 4.34. The van der Waals surface area contributed by atoms with Gasteiger partial charge in [0.1, 0.15) is 0 Å². The summed E-state index contributed by atoms with van der Waals surface area (Å²) < 4.78 is 20.5. The zero-order valence-corrected chi connectivity index (χ0v) is 14.5. The van der Waals surface area contributed by atoms with E-state index < -0.39 is 7.52 Å². The van der Waals surface area contributed by atoms with Gasteiger partial charge < -0.3 is 9.42 Å². The summed E-state index contributed by atoms with van der Waals surface area (Å²) in [4.78, 5) is 2.38. The van der Waals surface area contributed by atoms with Crippen molar-refractivity contribution in [3.05, 3.63) is 0 Å². The van der Waals surface area contributed by atoms with Gasteiger partial charge in [0.25, 0.3) is 7.52 Å². The molecule has 0 bridgehead atoms. The summed E-state index contributed by atoms with van der Waals surface area (Å²) >= 11 is 3.53. The highest BCUT2D eigenvalue weighted by atomic mass is 79.9. The second kappa shape index (κ2) is 6.85. The number of rotatable bonds is 6. The van der Waals surface area contributed by atoms with Crippen LogP contribution < -0.4 is 0 Å². The largest absolute Gasteiger partial charge is 0.316 e. The maximum Gasteiger partial charge on any atom is 0.272 e. The molecule has 18 heavy (non-hydrogen) atoms. The molecule has 0 aromatic carbocycles. The van der Waals surface area contributed by atoms with Gasteiger partial charge in [0.05, 0.1) is 6.61 Å². The predicted molar refractivity (Wildman–Crippen MR) is 80.8 cm³/mol. The molecule has 0 spiro atoms. The lowest BCUT2D eigenvalue weighted by Crippen LogP contribution is -2.45. The topological polar surface area (TPSA) is 32.8 Å². The molecular formula is C12H26BrN2O2P. The Kier molecular flexibility index (Phi) is 6.33. The molecule has 4 nitrogen and oxygen atoms in total. The van der Waals surface area contributed by atoms with Gasteiger partial charge in [0.15, 0.2) is 0 Å². The molecule has 0 amide bonds. The SMILES string of the molecule is CCN1CCN(P(=O)(CC)OCC(C)(C)Br)CC1. The summed E-state index contributed by atoms with van der Waals surface area (Å²) in [6, 6.07) is 0. The zero-order chi connectivity index (χ0) is 13.8. The van der Waals surface area contributed by atoms with E-state index in [0.29, 0.717) is 12.8 Å². The lowest BCUT2D eigenvalue weighted by atomic mass is 10.2. The third-order valence-corrected chi connectivity index (χ3v) is 6.06. The zero-order valence-electron chi connectivity index (χ0n) is 12.0. The first-order valence-electron chi connectivity index (χ1n) is 6.71. The Hall–Kier alpha value is 0.590. The molecule has 1 fully saturated rings. The van der Waals surface area contributed by atoms with Crippen LogP contribution in [0.5, 0.6) is 0 Å². The molecule has 108 valence electrons. The maximum absolute atomic E-state index is 12.8. The molecule has 1 saturated heterocycles. The second-order valence-electron chi connectivity index (χ2n) is 5.33. The highest BCUT2D eigenvalue weighted by Crippen LogP contribution is 2.51. The molecule has 0 saturated carbocycles. The number of nitrogens with zero attached hydrogens (tertiary/aromatic N) is 2. The van der Waals surface area contributed by atoms with E-state index in [1.54, 1.807) is 0 Å². The van der Waals surface area contributed by atoms with Crippen molar-refractivity contribution in [3.63, 3.8) is 0 Å². The van der Waals surface area contributed by atoms with E-state index in [0.717, 1.165) is 32.7 Å². The third kappa shape index (κ3) is 4.93. The minimum atomic E-state index is -2.63. The van der Waals surface area contributed by atoms with Gasteiger partial charge in [-0.05, 0) is 20.4 Å². The monoisotopic (exact) mass is 340 g/mol. The first kappa shape index (κ1) is 16.6. The minimum absolute atomic E-state index is 0.122. The van der Waals surface area contributed by atoms with Crippen molar-refractivity contribution in [1.82, 2.24) is 9.57 Å². The van der Waals surface area contributed by atoms with E-state index in [9.17, 15) is 4.57 Å². The van der Waals surface area contributed by atoms with Crippen molar-refractivity contribution in [1.29, 1.82) is 0 Å². The molecule has 0 aromatic heterocycles.